The summed E-state index contributed by atoms with van der Waals surface area (Å²) in [5, 5.41) is 0.347. The molecule has 0 spiro atoms. The van der Waals surface area contributed by atoms with E-state index >= 15 is 0 Å². The Labute approximate surface area is 301 Å². The van der Waals surface area contributed by atoms with E-state index in [1.807, 2.05) is 18.2 Å². The van der Waals surface area contributed by atoms with E-state index < -0.39 is 25.0 Å². The molecule has 0 aliphatic heterocycles. The maximum absolute atomic E-state index is 7.32. The third kappa shape index (κ3) is 14.5. The van der Waals surface area contributed by atoms with Crippen LogP contribution in [0.1, 0.15) is 120 Å². The Kier molecular flexibility index (Phi) is 17.6. The van der Waals surface area contributed by atoms with Crippen molar-refractivity contribution in [1.29, 1.82) is 0 Å². The van der Waals surface area contributed by atoms with Gasteiger partial charge in [-0.1, -0.05) is 100 Å². The lowest BCUT2D eigenvalue weighted by atomic mass is 9.98. The summed E-state index contributed by atoms with van der Waals surface area (Å²) in [6, 6.07) is 8.23. The number of ether oxygens (including phenoxy) is 2. The molecule has 1 aromatic rings. The van der Waals surface area contributed by atoms with Crippen LogP contribution in [-0.4, -0.2) is 56.5 Å². The Morgan fingerprint density at radius 2 is 1.15 bits per heavy atom. The van der Waals surface area contributed by atoms with Gasteiger partial charge >= 0.3 is 0 Å². The van der Waals surface area contributed by atoms with Crippen molar-refractivity contribution >= 4 is 25.0 Å². The summed E-state index contributed by atoms with van der Waals surface area (Å²) in [4.78, 5) is 0. The van der Waals surface area contributed by atoms with Gasteiger partial charge in [-0.05, 0) is 104 Å². The summed E-state index contributed by atoms with van der Waals surface area (Å²) < 4.78 is 33.9. The van der Waals surface area contributed by atoms with Gasteiger partial charge in [0.2, 0.25) is 0 Å². The summed E-state index contributed by atoms with van der Waals surface area (Å²) in [5.41, 5.74) is 1.15. The Hall–Kier alpha value is -0.749. The van der Waals surface area contributed by atoms with Gasteiger partial charge in [0, 0.05) is 6.10 Å². The lowest BCUT2D eigenvalue weighted by molar-refractivity contribution is -0.0521. The fourth-order valence-electron chi connectivity index (χ4n) is 5.02. The van der Waals surface area contributed by atoms with Gasteiger partial charge in [-0.2, -0.15) is 0 Å². The number of benzene rings is 1. The molecule has 0 saturated heterocycles. The SMILES string of the molecule is C=CC[C@H](C[C@H](CC[C@@H](O[Si](C)(C)C(C)(C)C)[C@@H](CCCC)OCc1ccc(OC)cc1)O[Si](C)(C)C(C)(C)C)O[Si](C)(C)C(C)(C)C. The van der Waals surface area contributed by atoms with Gasteiger partial charge in [-0.25, -0.2) is 0 Å². The number of hydrogen-bond acceptors (Lipinski definition) is 5. The van der Waals surface area contributed by atoms with Gasteiger partial charge in [-0.3, -0.25) is 0 Å². The smallest absolute Gasteiger partial charge is 0.192 e. The molecule has 0 N–H and O–H groups in total. The summed E-state index contributed by atoms with van der Waals surface area (Å²) >= 11 is 0. The molecule has 0 amide bonds. The first-order valence-electron chi connectivity index (χ1n) is 18.7. The average Bonchev–Trinajstić information content (AvgIpc) is 2.93. The van der Waals surface area contributed by atoms with Crippen LogP contribution < -0.4 is 4.74 Å². The Bertz CT molecular complexity index is 1060. The minimum absolute atomic E-state index is 0.00199. The van der Waals surface area contributed by atoms with E-state index in [2.05, 4.69) is 127 Å². The predicted octanol–water partition coefficient (Wildman–Crippen LogP) is 12.7. The first-order valence-corrected chi connectivity index (χ1v) is 27.4. The van der Waals surface area contributed by atoms with Crippen LogP contribution in [0.15, 0.2) is 36.9 Å². The lowest BCUT2D eigenvalue weighted by Crippen LogP contribution is -2.49. The molecular formula is C40H78O5Si3. The average molecular weight is 723 g/mol. The molecule has 0 aliphatic rings. The molecule has 0 fully saturated rings. The third-order valence-electron chi connectivity index (χ3n) is 11.4. The molecule has 0 unspecified atom stereocenters. The molecule has 280 valence electrons. The highest BCUT2D eigenvalue weighted by Gasteiger charge is 2.44. The first-order chi connectivity index (χ1) is 21.8. The van der Waals surface area contributed by atoms with Gasteiger partial charge in [0.15, 0.2) is 25.0 Å². The summed E-state index contributed by atoms with van der Waals surface area (Å²) in [5.74, 6) is 0.862. The van der Waals surface area contributed by atoms with Gasteiger partial charge in [0.05, 0.1) is 32.0 Å². The van der Waals surface area contributed by atoms with Crippen LogP contribution in [0, 0.1) is 0 Å². The molecule has 1 aromatic carbocycles. The second-order valence-corrected chi connectivity index (χ2v) is 32.9. The van der Waals surface area contributed by atoms with Crippen molar-refractivity contribution in [2.45, 2.75) is 200 Å². The van der Waals surface area contributed by atoms with E-state index in [0.717, 1.165) is 56.3 Å². The Morgan fingerprint density at radius 1 is 0.667 bits per heavy atom. The van der Waals surface area contributed by atoms with E-state index in [1.165, 1.54) is 0 Å². The number of unbranched alkanes of at least 4 members (excludes halogenated alkanes) is 1. The lowest BCUT2D eigenvalue weighted by Gasteiger charge is -2.44. The Morgan fingerprint density at radius 3 is 1.58 bits per heavy atom. The summed E-state index contributed by atoms with van der Waals surface area (Å²) in [6.07, 6.45) is 8.88. The van der Waals surface area contributed by atoms with Crippen LogP contribution >= 0.6 is 0 Å². The number of hydrogen-bond donors (Lipinski definition) is 0. The minimum atomic E-state index is -2.10. The maximum Gasteiger partial charge on any atom is 0.192 e. The molecule has 48 heavy (non-hydrogen) atoms. The number of rotatable bonds is 21. The van der Waals surface area contributed by atoms with Gasteiger partial charge in [0.1, 0.15) is 5.75 Å². The fourth-order valence-corrected chi connectivity index (χ4v) is 9.18. The zero-order valence-corrected chi connectivity index (χ0v) is 37.6. The zero-order chi connectivity index (χ0) is 37.2. The summed E-state index contributed by atoms with van der Waals surface area (Å²) in [6.45, 7) is 42.1. The fraction of sp³-hybridized carbons (Fsp3) is 0.800. The molecule has 4 atom stereocenters. The monoisotopic (exact) mass is 723 g/mol. The van der Waals surface area contributed by atoms with Crippen molar-refractivity contribution in [3.63, 3.8) is 0 Å². The third-order valence-corrected chi connectivity index (χ3v) is 25.0. The van der Waals surface area contributed by atoms with Crippen molar-refractivity contribution in [2.24, 2.45) is 0 Å². The predicted molar refractivity (Wildman–Crippen MR) is 216 cm³/mol. The molecular weight excluding hydrogens is 645 g/mol. The quantitative estimate of drug-likeness (QED) is 0.0934. The highest BCUT2D eigenvalue weighted by molar-refractivity contribution is 6.75. The topological polar surface area (TPSA) is 46.2 Å². The van der Waals surface area contributed by atoms with Crippen LogP contribution in [0.2, 0.25) is 54.4 Å². The van der Waals surface area contributed by atoms with Gasteiger partial charge in [0.25, 0.3) is 0 Å². The standard InChI is InChI=1S/C40H78O5Si3/c1-19-21-23-36(42-31-32-24-26-33(41-12)27-25-32)37(45-48(17,18)40(9,10)11)29-28-35(44-47(15,16)39(6,7)8)30-34(22-20-2)43-46(13,14)38(3,4)5/h20,24-27,34-37H,2,19,21-23,28-31H2,1,3-18H3/t34-,35+,36-,37-/m1/s1. The van der Waals surface area contributed by atoms with Crippen molar-refractivity contribution in [3.8, 4) is 5.75 Å². The van der Waals surface area contributed by atoms with E-state index in [1.54, 1.807) is 7.11 Å². The minimum Gasteiger partial charge on any atom is -0.497 e. The van der Waals surface area contributed by atoms with Crippen LogP contribution in [0.3, 0.4) is 0 Å². The molecule has 8 heteroatoms. The van der Waals surface area contributed by atoms with Crippen molar-refractivity contribution in [2.75, 3.05) is 7.11 Å². The van der Waals surface area contributed by atoms with Crippen LogP contribution in [0.25, 0.3) is 0 Å². The van der Waals surface area contributed by atoms with E-state index in [0.29, 0.717) is 6.61 Å². The molecule has 5 nitrogen and oxygen atoms in total. The van der Waals surface area contributed by atoms with E-state index in [4.69, 9.17) is 22.8 Å². The van der Waals surface area contributed by atoms with Crippen LogP contribution in [-0.2, 0) is 24.6 Å². The molecule has 0 saturated carbocycles. The molecule has 0 bridgehead atoms. The van der Waals surface area contributed by atoms with Crippen molar-refractivity contribution in [3.05, 3.63) is 42.5 Å². The maximum atomic E-state index is 7.32. The van der Waals surface area contributed by atoms with E-state index in [9.17, 15) is 0 Å². The normalized spacial score (nSPS) is 16.4. The highest BCUT2D eigenvalue weighted by atomic mass is 28.4. The molecule has 0 aromatic heterocycles. The van der Waals surface area contributed by atoms with E-state index in [-0.39, 0.29) is 39.5 Å². The van der Waals surface area contributed by atoms with Gasteiger partial charge in [-0.15, -0.1) is 6.58 Å². The number of methoxy groups -OCH3 is 1. The molecule has 1 rings (SSSR count). The largest absolute Gasteiger partial charge is 0.497 e. The molecule has 0 aliphatic carbocycles. The Balaban J connectivity index is 3.51. The van der Waals surface area contributed by atoms with Crippen LogP contribution in [0.5, 0.6) is 5.75 Å². The second-order valence-electron chi connectivity index (χ2n) is 18.6. The first kappa shape index (κ1) is 45.3. The zero-order valence-electron chi connectivity index (χ0n) is 34.6. The van der Waals surface area contributed by atoms with Crippen molar-refractivity contribution in [1.82, 2.24) is 0 Å². The highest BCUT2D eigenvalue weighted by Crippen LogP contribution is 2.42. The molecule has 0 heterocycles. The summed E-state index contributed by atoms with van der Waals surface area (Å²) in [7, 11) is -4.44. The van der Waals surface area contributed by atoms with Gasteiger partial charge < -0.3 is 22.8 Å². The molecule has 0 radical (unpaired) electrons. The van der Waals surface area contributed by atoms with Crippen LogP contribution in [0.4, 0.5) is 0 Å². The van der Waals surface area contributed by atoms with Crippen molar-refractivity contribution < 1.29 is 22.8 Å². The second kappa shape index (κ2) is 18.7.